The molecule has 8 heteroatoms. The van der Waals surface area contributed by atoms with Gasteiger partial charge in [-0.2, -0.15) is 0 Å². The Morgan fingerprint density at radius 2 is 1.50 bits per heavy atom. The Bertz CT molecular complexity index is 1380. The van der Waals surface area contributed by atoms with Crippen molar-refractivity contribution >= 4 is 31.4 Å². The summed E-state index contributed by atoms with van der Waals surface area (Å²) in [6.45, 7) is 5.91. The van der Waals surface area contributed by atoms with Gasteiger partial charge in [-0.25, -0.2) is 16.8 Å². The van der Waals surface area contributed by atoms with Crippen LogP contribution in [0.5, 0.6) is 0 Å². The van der Waals surface area contributed by atoms with Crippen molar-refractivity contribution in [3.8, 4) is 0 Å². The van der Waals surface area contributed by atoms with Gasteiger partial charge in [-0.15, -0.1) is 0 Å². The van der Waals surface area contributed by atoms with Crippen molar-refractivity contribution in [2.24, 2.45) is 0 Å². The van der Waals surface area contributed by atoms with Gasteiger partial charge in [0, 0.05) is 6.54 Å². The topological polar surface area (TPSA) is 83.6 Å². The van der Waals surface area contributed by atoms with Crippen molar-refractivity contribution in [2.45, 2.75) is 43.4 Å². The van der Waals surface area contributed by atoms with E-state index in [0.29, 0.717) is 29.9 Å². The molecule has 0 saturated carbocycles. The van der Waals surface area contributed by atoms with Gasteiger partial charge in [0.2, 0.25) is 0 Å². The predicted molar refractivity (Wildman–Crippen MR) is 127 cm³/mol. The third-order valence-corrected chi connectivity index (χ3v) is 9.01. The van der Waals surface area contributed by atoms with Crippen molar-refractivity contribution in [1.82, 2.24) is 0 Å². The molecule has 0 aliphatic carbocycles. The first kappa shape index (κ1) is 22.4. The Morgan fingerprint density at radius 3 is 2.19 bits per heavy atom. The molecule has 0 saturated heterocycles. The number of fused-ring (bicyclic) bond motifs is 1. The van der Waals surface area contributed by atoms with Crippen LogP contribution in [0.15, 0.2) is 70.5 Å². The largest absolute Gasteiger partial charge is 0.280 e. The van der Waals surface area contributed by atoms with Crippen LogP contribution >= 0.6 is 0 Å². The number of rotatable bonds is 5. The van der Waals surface area contributed by atoms with Gasteiger partial charge < -0.3 is 0 Å². The van der Waals surface area contributed by atoms with E-state index >= 15 is 0 Å². The third kappa shape index (κ3) is 4.25. The van der Waals surface area contributed by atoms with Crippen molar-refractivity contribution in [3.05, 3.63) is 82.9 Å². The molecule has 1 aliphatic rings. The molecule has 0 spiro atoms. The molecule has 1 heterocycles. The summed E-state index contributed by atoms with van der Waals surface area (Å²) in [5.74, 6) is 0. The molecule has 1 aliphatic heterocycles. The normalized spacial score (nSPS) is 14.2. The van der Waals surface area contributed by atoms with Gasteiger partial charge in [0.05, 0.1) is 21.2 Å². The molecular weight excluding hydrogens is 444 g/mol. The smallest absolute Gasteiger partial charge is 0.264 e. The summed E-state index contributed by atoms with van der Waals surface area (Å²) < 4.78 is 56.7. The minimum atomic E-state index is -3.82. The lowest BCUT2D eigenvalue weighted by Crippen LogP contribution is -2.35. The van der Waals surface area contributed by atoms with Crippen LogP contribution in [0, 0.1) is 20.8 Å². The first-order chi connectivity index (χ1) is 15.1. The molecule has 0 aromatic heterocycles. The lowest BCUT2D eigenvalue weighted by atomic mass is 10.0. The fraction of sp³-hybridized carbons (Fsp3) is 0.250. The standard InChI is InChI=1S/C24H26N2O4S2/c1-17-6-11-22(12-7-17)32(29,30)26-14-4-5-20-9-10-21(16-23(20)26)25-31(27,28)24-13-8-18(2)15-19(24)3/h6-13,15-16,25H,4-5,14H2,1-3H3. The maximum absolute atomic E-state index is 13.3. The first-order valence-electron chi connectivity index (χ1n) is 10.4. The average Bonchev–Trinajstić information content (AvgIpc) is 2.73. The van der Waals surface area contributed by atoms with Gasteiger partial charge >= 0.3 is 0 Å². The molecular formula is C24H26N2O4S2. The molecule has 4 rings (SSSR count). The Labute approximate surface area is 190 Å². The highest BCUT2D eigenvalue weighted by atomic mass is 32.2. The summed E-state index contributed by atoms with van der Waals surface area (Å²) in [7, 11) is -7.58. The van der Waals surface area contributed by atoms with E-state index < -0.39 is 20.0 Å². The van der Waals surface area contributed by atoms with E-state index in [4.69, 9.17) is 0 Å². The monoisotopic (exact) mass is 470 g/mol. The van der Waals surface area contributed by atoms with Gasteiger partial charge in [0.15, 0.2) is 0 Å². The van der Waals surface area contributed by atoms with E-state index in [1.165, 1.54) is 4.31 Å². The molecule has 0 atom stereocenters. The zero-order valence-electron chi connectivity index (χ0n) is 18.3. The average molecular weight is 471 g/mol. The van der Waals surface area contributed by atoms with Crippen LogP contribution in [0.1, 0.15) is 28.7 Å². The quantitative estimate of drug-likeness (QED) is 0.593. The van der Waals surface area contributed by atoms with Crippen LogP contribution in [-0.4, -0.2) is 23.4 Å². The lowest BCUT2D eigenvalue weighted by molar-refractivity contribution is 0.586. The second-order valence-electron chi connectivity index (χ2n) is 8.21. The number of aryl methyl sites for hydroxylation is 4. The molecule has 0 amide bonds. The second-order valence-corrected chi connectivity index (χ2v) is 11.7. The molecule has 1 N–H and O–H groups in total. The fourth-order valence-electron chi connectivity index (χ4n) is 4.00. The van der Waals surface area contributed by atoms with Gasteiger partial charge in [-0.3, -0.25) is 9.03 Å². The van der Waals surface area contributed by atoms with Gasteiger partial charge in [0.1, 0.15) is 0 Å². The van der Waals surface area contributed by atoms with Gasteiger partial charge in [0.25, 0.3) is 20.0 Å². The molecule has 168 valence electrons. The number of nitrogens with one attached hydrogen (secondary N) is 1. The number of anilines is 2. The predicted octanol–water partition coefficient (Wildman–Crippen LogP) is 4.55. The molecule has 0 bridgehead atoms. The van der Waals surface area contributed by atoms with E-state index in [1.807, 2.05) is 19.9 Å². The summed E-state index contributed by atoms with van der Waals surface area (Å²) in [5, 5.41) is 0. The Balaban J connectivity index is 1.71. The van der Waals surface area contributed by atoms with E-state index in [0.717, 1.165) is 23.1 Å². The fourth-order valence-corrected chi connectivity index (χ4v) is 6.81. The first-order valence-corrected chi connectivity index (χ1v) is 13.3. The van der Waals surface area contributed by atoms with Crippen molar-refractivity contribution in [1.29, 1.82) is 0 Å². The zero-order chi connectivity index (χ0) is 23.1. The van der Waals surface area contributed by atoms with Crippen molar-refractivity contribution < 1.29 is 16.8 Å². The molecule has 3 aromatic rings. The number of sulfonamides is 2. The Kier molecular flexibility index (Phi) is 5.77. The maximum atomic E-state index is 13.3. The molecule has 3 aromatic carbocycles. The Hall–Kier alpha value is -2.84. The van der Waals surface area contributed by atoms with Crippen molar-refractivity contribution in [2.75, 3.05) is 15.6 Å². The van der Waals surface area contributed by atoms with Crippen LogP contribution < -0.4 is 9.03 Å². The minimum absolute atomic E-state index is 0.199. The van der Waals surface area contributed by atoms with E-state index in [2.05, 4.69) is 4.72 Å². The van der Waals surface area contributed by atoms with Gasteiger partial charge in [-0.1, -0.05) is 41.5 Å². The highest BCUT2D eigenvalue weighted by Gasteiger charge is 2.29. The SMILES string of the molecule is Cc1ccc(S(=O)(=O)N2CCCc3ccc(NS(=O)(=O)c4ccc(C)cc4C)cc32)cc1. The van der Waals surface area contributed by atoms with Crippen LogP contribution in [0.25, 0.3) is 0 Å². The number of hydrogen-bond donors (Lipinski definition) is 1. The molecule has 0 radical (unpaired) electrons. The van der Waals surface area contributed by atoms with E-state index in [9.17, 15) is 16.8 Å². The highest BCUT2D eigenvalue weighted by molar-refractivity contribution is 7.93. The summed E-state index contributed by atoms with van der Waals surface area (Å²) >= 11 is 0. The van der Waals surface area contributed by atoms with Crippen LogP contribution in [0.2, 0.25) is 0 Å². The van der Waals surface area contributed by atoms with Crippen LogP contribution in [0.4, 0.5) is 11.4 Å². The summed E-state index contributed by atoms with van der Waals surface area (Å²) in [6, 6.07) is 17.0. The highest BCUT2D eigenvalue weighted by Crippen LogP contribution is 2.35. The molecule has 32 heavy (non-hydrogen) atoms. The number of benzene rings is 3. The number of nitrogens with zero attached hydrogens (tertiary/aromatic N) is 1. The summed E-state index contributed by atoms with van der Waals surface area (Å²) in [6.07, 6.45) is 1.44. The lowest BCUT2D eigenvalue weighted by Gasteiger charge is -2.31. The third-order valence-electron chi connectivity index (χ3n) is 5.64. The molecule has 0 fully saturated rings. The molecule has 6 nitrogen and oxygen atoms in total. The van der Waals surface area contributed by atoms with Crippen molar-refractivity contribution in [3.63, 3.8) is 0 Å². The Morgan fingerprint density at radius 1 is 0.812 bits per heavy atom. The van der Waals surface area contributed by atoms with Crippen LogP contribution in [-0.2, 0) is 26.5 Å². The second kappa shape index (κ2) is 8.26. The summed E-state index contributed by atoms with van der Waals surface area (Å²) in [4.78, 5) is 0.419. The zero-order valence-corrected chi connectivity index (χ0v) is 19.9. The molecule has 0 unspecified atom stereocenters. The van der Waals surface area contributed by atoms with Gasteiger partial charge in [-0.05, 0) is 75.1 Å². The number of hydrogen-bond acceptors (Lipinski definition) is 4. The maximum Gasteiger partial charge on any atom is 0.264 e. The summed E-state index contributed by atoms with van der Waals surface area (Å²) in [5.41, 5.74) is 4.33. The van der Waals surface area contributed by atoms with E-state index in [1.54, 1.807) is 61.5 Å². The minimum Gasteiger partial charge on any atom is -0.280 e. The van der Waals surface area contributed by atoms with Crippen LogP contribution in [0.3, 0.4) is 0 Å². The van der Waals surface area contributed by atoms with E-state index in [-0.39, 0.29) is 9.79 Å².